The molecule has 4 aliphatic heterocycles. The lowest BCUT2D eigenvalue weighted by atomic mass is 10.1. The molecule has 0 amide bonds. The first-order valence-electron chi connectivity index (χ1n) is 7.37. The molecule has 0 radical (unpaired) electrons. The van der Waals surface area contributed by atoms with Gasteiger partial charge >= 0.3 is 0 Å². The van der Waals surface area contributed by atoms with Crippen LogP contribution in [-0.2, 0) is 6.54 Å². The lowest BCUT2D eigenvalue weighted by Gasteiger charge is -2.60. The van der Waals surface area contributed by atoms with Crippen LogP contribution in [0.3, 0.4) is 0 Å². The molecular formula is C15H18BrFN4S. The number of quaternary nitrogens is 1. The van der Waals surface area contributed by atoms with E-state index in [1.165, 1.54) is 10.3 Å². The smallest absolute Gasteiger partial charge is 0.139 e. The van der Waals surface area contributed by atoms with Crippen LogP contribution in [0.5, 0.6) is 0 Å². The second-order valence-electron chi connectivity index (χ2n) is 6.76. The minimum atomic E-state index is -0.128. The SMILES string of the molecule is Fc1ccc2scc(C[N+]34CN5CN(CN(C5)C3)C4)c2c1.[Br-]. The average Bonchev–Trinajstić information content (AvgIpc) is 2.79. The van der Waals surface area contributed by atoms with E-state index in [0.29, 0.717) is 0 Å². The van der Waals surface area contributed by atoms with E-state index in [9.17, 15) is 4.39 Å². The molecule has 0 atom stereocenters. The van der Waals surface area contributed by atoms with Crippen molar-refractivity contribution in [1.29, 1.82) is 0 Å². The lowest BCUT2D eigenvalue weighted by Crippen LogP contribution is -3.00. The molecule has 0 aliphatic carbocycles. The maximum Gasteiger partial charge on any atom is 0.139 e. The molecule has 118 valence electrons. The van der Waals surface area contributed by atoms with Gasteiger partial charge in [-0.2, -0.15) is 0 Å². The molecule has 7 heteroatoms. The van der Waals surface area contributed by atoms with Crippen LogP contribution in [0.25, 0.3) is 10.1 Å². The molecule has 1 aromatic heterocycles. The van der Waals surface area contributed by atoms with Gasteiger partial charge in [0.05, 0.1) is 20.0 Å². The van der Waals surface area contributed by atoms with Gasteiger partial charge in [-0.3, -0.25) is 4.48 Å². The molecule has 2 aromatic rings. The van der Waals surface area contributed by atoms with Crippen LogP contribution in [0, 0.1) is 5.82 Å². The summed E-state index contributed by atoms with van der Waals surface area (Å²) < 4.78 is 15.8. The summed E-state index contributed by atoms with van der Waals surface area (Å²) in [5.74, 6) is -0.128. The Morgan fingerprint density at radius 1 is 1.05 bits per heavy atom. The summed E-state index contributed by atoms with van der Waals surface area (Å²) >= 11 is 1.73. The minimum absolute atomic E-state index is 0. The summed E-state index contributed by atoms with van der Waals surface area (Å²) in [6.07, 6.45) is 0. The summed E-state index contributed by atoms with van der Waals surface area (Å²) in [4.78, 5) is 7.56. The van der Waals surface area contributed by atoms with Gasteiger partial charge in [-0.15, -0.1) is 11.3 Å². The van der Waals surface area contributed by atoms with Crippen molar-refractivity contribution in [2.75, 3.05) is 40.0 Å². The monoisotopic (exact) mass is 384 g/mol. The van der Waals surface area contributed by atoms with Crippen molar-refractivity contribution in [2.24, 2.45) is 0 Å². The molecule has 22 heavy (non-hydrogen) atoms. The van der Waals surface area contributed by atoms with Crippen LogP contribution in [0.1, 0.15) is 5.56 Å². The maximum atomic E-state index is 13.6. The van der Waals surface area contributed by atoms with Gasteiger partial charge in [0.2, 0.25) is 0 Å². The van der Waals surface area contributed by atoms with Crippen molar-refractivity contribution in [2.45, 2.75) is 6.54 Å². The van der Waals surface area contributed by atoms with Crippen molar-refractivity contribution in [1.82, 2.24) is 14.7 Å². The van der Waals surface area contributed by atoms with Crippen molar-refractivity contribution >= 4 is 21.4 Å². The summed E-state index contributed by atoms with van der Waals surface area (Å²) in [5, 5.41) is 3.33. The van der Waals surface area contributed by atoms with Crippen LogP contribution < -0.4 is 17.0 Å². The molecule has 5 heterocycles. The molecule has 0 spiro atoms. The molecule has 0 saturated carbocycles. The molecule has 4 bridgehead atoms. The van der Waals surface area contributed by atoms with Crippen molar-refractivity contribution in [3.05, 3.63) is 35.0 Å². The summed E-state index contributed by atoms with van der Waals surface area (Å²) in [6.45, 7) is 7.70. The van der Waals surface area contributed by atoms with Gasteiger partial charge in [-0.05, 0) is 18.2 Å². The van der Waals surface area contributed by atoms with Crippen molar-refractivity contribution in [3.8, 4) is 0 Å². The van der Waals surface area contributed by atoms with E-state index >= 15 is 0 Å². The minimum Gasteiger partial charge on any atom is -1.00 e. The van der Waals surface area contributed by atoms with E-state index in [0.717, 1.165) is 56.4 Å². The second kappa shape index (κ2) is 5.22. The van der Waals surface area contributed by atoms with Gasteiger partial charge in [0, 0.05) is 21.0 Å². The molecule has 6 rings (SSSR count). The van der Waals surface area contributed by atoms with Gasteiger partial charge in [0.25, 0.3) is 0 Å². The van der Waals surface area contributed by atoms with Gasteiger partial charge in [0.15, 0.2) is 0 Å². The Bertz CT molecular complexity index is 683. The molecule has 4 saturated heterocycles. The standard InChI is InChI=1S/C15H18FN4S.BrH/c16-13-1-2-15-14(3-13)12(5-21-15)4-20-9-17-6-18(10-20)8-19(7-17)11-20;/h1-3,5H,4,6-11H2;1H/q+1;/p-1. The Kier molecular flexibility index (Phi) is 3.56. The Hall–Kier alpha value is -0.570. The predicted molar refractivity (Wildman–Crippen MR) is 80.5 cm³/mol. The zero-order valence-corrected chi connectivity index (χ0v) is 14.6. The van der Waals surface area contributed by atoms with Gasteiger partial charge in [-0.1, -0.05) is 0 Å². The number of nitrogens with zero attached hydrogens (tertiary/aromatic N) is 4. The topological polar surface area (TPSA) is 9.72 Å². The Morgan fingerprint density at radius 2 is 1.68 bits per heavy atom. The Balaban J connectivity index is 0.00000125. The molecule has 0 unspecified atom stereocenters. The van der Waals surface area contributed by atoms with Crippen LogP contribution in [0.4, 0.5) is 4.39 Å². The second-order valence-corrected chi connectivity index (χ2v) is 7.67. The number of rotatable bonds is 2. The van der Waals surface area contributed by atoms with E-state index in [2.05, 4.69) is 20.1 Å². The molecular weight excluding hydrogens is 367 g/mol. The van der Waals surface area contributed by atoms with E-state index in [-0.39, 0.29) is 22.8 Å². The van der Waals surface area contributed by atoms with Crippen LogP contribution in [0.2, 0.25) is 0 Å². The first-order chi connectivity index (χ1) is 10.2. The normalized spacial score (nSPS) is 35.8. The number of benzene rings is 1. The van der Waals surface area contributed by atoms with E-state index < -0.39 is 0 Å². The maximum absolute atomic E-state index is 13.6. The highest BCUT2D eigenvalue weighted by molar-refractivity contribution is 7.17. The molecule has 0 N–H and O–H groups in total. The van der Waals surface area contributed by atoms with Gasteiger partial charge < -0.3 is 17.0 Å². The lowest BCUT2D eigenvalue weighted by molar-refractivity contribution is -0.991. The van der Waals surface area contributed by atoms with Crippen molar-refractivity contribution < 1.29 is 25.9 Å². The fourth-order valence-corrected chi connectivity index (χ4v) is 5.28. The van der Waals surface area contributed by atoms with Crippen molar-refractivity contribution in [3.63, 3.8) is 0 Å². The number of fused-ring (bicyclic) bond motifs is 1. The first kappa shape index (κ1) is 15.0. The van der Waals surface area contributed by atoms with E-state index in [1.54, 1.807) is 23.5 Å². The number of thiophene rings is 1. The third-order valence-corrected chi connectivity index (χ3v) is 5.83. The largest absolute Gasteiger partial charge is 1.00 e. The number of hydrogen-bond acceptors (Lipinski definition) is 4. The first-order valence-corrected chi connectivity index (χ1v) is 8.25. The predicted octanol–water partition coefficient (Wildman–Crippen LogP) is -0.947. The summed E-state index contributed by atoms with van der Waals surface area (Å²) in [7, 11) is 0. The highest BCUT2D eigenvalue weighted by Gasteiger charge is 2.48. The third-order valence-electron chi connectivity index (χ3n) is 4.82. The van der Waals surface area contributed by atoms with E-state index in [1.807, 2.05) is 6.07 Å². The van der Waals surface area contributed by atoms with E-state index in [4.69, 9.17) is 0 Å². The van der Waals surface area contributed by atoms with Gasteiger partial charge in [-0.25, -0.2) is 19.1 Å². The summed E-state index contributed by atoms with van der Waals surface area (Å²) in [5.41, 5.74) is 1.31. The van der Waals surface area contributed by atoms with Gasteiger partial charge in [0.1, 0.15) is 32.4 Å². The fourth-order valence-electron chi connectivity index (χ4n) is 4.35. The van der Waals surface area contributed by atoms with Crippen LogP contribution >= 0.6 is 11.3 Å². The quantitative estimate of drug-likeness (QED) is 0.618. The molecule has 4 fully saturated rings. The Morgan fingerprint density at radius 3 is 2.32 bits per heavy atom. The molecule has 4 aliphatic rings. The zero-order valence-electron chi connectivity index (χ0n) is 12.2. The average molecular weight is 385 g/mol. The number of halogens is 2. The highest BCUT2D eigenvalue weighted by atomic mass is 79.9. The summed E-state index contributed by atoms with van der Waals surface area (Å²) in [6, 6.07) is 5.17. The highest BCUT2D eigenvalue weighted by Crippen LogP contribution is 2.34. The van der Waals surface area contributed by atoms with Crippen LogP contribution in [-0.4, -0.2) is 59.2 Å². The Labute approximate surface area is 143 Å². The third kappa shape index (κ3) is 2.31. The molecule has 4 nitrogen and oxygen atoms in total. The zero-order chi connectivity index (χ0) is 14.0. The fraction of sp³-hybridized carbons (Fsp3) is 0.467. The van der Waals surface area contributed by atoms with Crippen LogP contribution in [0.15, 0.2) is 23.6 Å². The number of hydrogen-bond donors (Lipinski definition) is 0. The molecule has 1 aromatic carbocycles.